The van der Waals surface area contributed by atoms with Crippen molar-refractivity contribution in [2.24, 2.45) is 0 Å². The van der Waals surface area contributed by atoms with Crippen LogP contribution in [0, 0.1) is 0 Å². The number of sulfonamides is 1. The SMILES string of the molecule is CCn1nccc1CN(C)S(=O)(=O)c1ccc(C(C)C)cc1. The second kappa shape index (κ2) is 6.62. The van der Waals surface area contributed by atoms with Crippen molar-refractivity contribution in [3.63, 3.8) is 0 Å². The molecule has 1 aromatic heterocycles. The van der Waals surface area contributed by atoms with Gasteiger partial charge in [0.1, 0.15) is 0 Å². The maximum atomic E-state index is 12.6. The lowest BCUT2D eigenvalue weighted by Crippen LogP contribution is -2.27. The predicted molar refractivity (Wildman–Crippen MR) is 87.1 cm³/mol. The molecule has 0 unspecified atom stereocenters. The Kier molecular flexibility index (Phi) is 5.03. The quantitative estimate of drug-likeness (QED) is 0.822. The van der Waals surface area contributed by atoms with E-state index in [1.165, 1.54) is 4.31 Å². The summed E-state index contributed by atoms with van der Waals surface area (Å²) in [5.74, 6) is 0.383. The van der Waals surface area contributed by atoms with Crippen LogP contribution in [0.3, 0.4) is 0 Å². The minimum absolute atomic E-state index is 0.308. The first-order chi connectivity index (χ1) is 10.4. The van der Waals surface area contributed by atoms with Gasteiger partial charge >= 0.3 is 0 Å². The molecule has 0 saturated carbocycles. The molecule has 0 amide bonds. The summed E-state index contributed by atoms with van der Waals surface area (Å²) >= 11 is 0. The average molecular weight is 321 g/mol. The van der Waals surface area contributed by atoms with Gasteiger partial charge in [-0.25, -0.2) is 8.42 Å². The van der Waals surface area contributed by atoms with Gasteiger partial charge in [0, 0.05) is 19.8 Å². The van der Waals surface area contributed by atoms with Crippen molar-refractivity contribution in [1.82, 2.24) is 14.1 Å². The molecule has 2 rings (SSSR count). The highest BCUT2D eigenvalue weighted by atomic mass is 32.2. The molecule has 0 aliphatic carbocycles. The molecule has 120 valence electrons. The van der Waals surface area contributed by atoms with E-state index in [1.807, 2.05) is 25.1 Å². The van der Waals surface area contributed by atoms with Gasteiger partial charge in [-0.1, -0.05) is 26.0 Å². The Balaban J connectivity index is 2.22. The monoisotopic (exact) mass is 321 g/mol. The first kappa shape index (κ1) is 16.7. The van der Waals surface area contributed by atoms with Crippen LogP contribution in [0.4, 0.5) is 0 Å². The van der Waals surface area contributed by atoms with Crippen molar-refractivity contribution in [2.75, 3.05) is 7.05 Å². The highest BCUT2D eigenvalue weighted by molar-refractivity contribution is 7.89. The summed E-state index contributed by atoms with van der Waals surface area (Å²) in [6.45, 7) is 7.18. The smallest absolute Gasteiger partial charge is 0.243 e. The van der Waals surface area contributed by atoms with Crippen LogP contribution in [0.1, 0.15) is 37.9 Å². The molecule has 0 bridgehead atoms. The van der Waals surface area contributed by atoms with Crippen LogP contribution in [0.5, 0.6) is 0 Å². The summed E-state index contributed by atoms with van der Waals surface area (Å²) in [5, 5.41) is 4.17. The third-order valence-corrected chi connectivity index (χ3v) is 5.56. The molecule has 22 heavy (non-hydrogen) atoms. The lowest BCUT2D eigenvalue weighted by atomic mass is 10.0. The molecule has 0 aliphatic rings. The molecule has 2 aromatic rings. The second-order valence-corrected chi connectivity index (χ2v) is 7.67. The van der Waals surface area contributed by atoms with Crippen molar-refractivity contribution in [3.05, 3.63) is 47.8 Å². The summed E-state index contributed by atoms with van der Waals surface area (Å²) in [4.78, 5) is 0.321. The van der Waals surface area contributed by atoms with E-state index < -0.39 is 10.0 Å². The lowest BCUT2D eigenvalue weighted by Gasteiger charge is -2.18. The third kappa shape index (κ3) is 3.39. The normalized spacial score (nSPS) is 12.3. The third-order valence-electron chi connectivity index (χ3n) is 3.74. The summed E-state index contributed by atoms with van der Waals surface area (Å²) in [6, 6.07) is 8.96. The van der Waals surface area contributed by atoms with Crippen molar-refractivity contribution in [1.29, 1.82) is 0 Å². The van der Waals surface area contributed by atoms with Crippen molar-refractivity contribution >= 4 is 10.0 Å². The van der Waals surface area contributed by atoms with Gasteiger partial charge in [0.05, 0.1) is 17.1 Å². The van der Waals surface area contributed by atoms with Crippen LogP contribution >= 0.6 is 0 Å². The topological polar surface area (TPSA) is 55.2 Å². The Hall–Kier alpha value is -1.66. The van der Waals surface area contributed by atoms with Crippen LogP contribution < -0.4 is 0 Å². The minimum Gasteiger partial charge on any atom is -0.269 e. The van der Waals surface area contributed by atoms with E-state index >= 15 is 0 Å². The van der Waals surface area contributed by atoms with Gasteiger partial charge < -0.3 is 0 Å². The van der Waals surface area contributed by atoms with Gasteiger partial charge in [0.15, 0.2) is 0 Å². The lowest BCUT2D eigenvalue weighted by molar-refractivity contribution is 0.447. The zero-order valence-corrected chi connectivity index (χ0v) is 14.3. The van der Waals surface area contributed by atoms with Gasteiger partial charge in [0.25, 0.3) is 0 Å². The molecule has 0 atom stereocenters. The highest BCUT2D eigenvalue weighted by Gasteiger charge is 2.22. The van der Waals surface area contributed by atoms with E-state index in [0.717, 1.165) is 17.8 Å². The van der Waals surface area contributed by atoms with Gasteiger partial charge in [0.2, 0.25) is 10.0 Å². The maximum absolute atomic E-state index is 12.6. The fraction of sp³-hybridized carbons (Fsp3) is 0.438. The van der Waals surface area contributed by atoms with Crippen LogP contribution in [-0.2, 0) is 23.1 Å². The van der Waals surface area contributed by atoms with Gasteiger partial charge in [-0.3, -0.25) is 4.68 Å². The van der Waals surface area contributed by atoms with Crippen LogP contribution in [-0.4, -0.2) is 29.6 Å². The fourth-order valence-electron chi connectivity index (χ4n) is 2.30. The first-order valence-electron chi connectivity index (χ1n) is 7.43. The number of aromatic nitrogens is 2. The Morgan fingerprint density at radius 1 is 1.18 bits per heavy atom. The number of rotatable bonds is 6. The molecule has 0 spiro atoms. The second-order valence-electron chi connectivity index (χ2n) is 5.62. The average Bonchev–Trinajstić information content (AvgIpc) is 2.94. The Bertz CT molecular complexity index is 718. The van der Waals surface area contributed by atoms with Gasteiger partial charge in [-0.15, -0.1) is 0 Å². The molecule has 0 radical (unpaired) electrons. The number of benzene rings is 1. The van der Waals surface area contributed by atoms with E-state index in [2.05, 4.69) is 18.9 Å². The Labute approximate surface area is 132 Å². The van der Waals surface area contributed by atoms with Crippen molar-refractivity contribution in [3.8, 4) is 0 Å². The largest absolute Gasteiger partial charge is 0.269 e. The zero-order chi connectivity index (χ0) is 16.3. The van der Waals surface area contributed by atoms with Crippen molar-refractivity contribution < 1.29 is 8.42 Å². The number of hydrogen-bond donors (Lipinski definition) is 0. The van der Waals surface area contributed by atoms with Crippen LogP contribution in [0.15, 0.2) is 41.4 Å². The maximum Gasteiger partial charge on any atom is 0.243 e. The molecule has 0 saturated heterocycles. The van der Waals surface area contributed by atoms with Crippen molar-refractivity contribution in [2.45, 2.75) is 44.7 Å². The molecule has 6 heteroatoms. The molecule has 0 fully saturated rings. The van der Waals surface area contributed by atoms with E-state index in [-0.39, 0.29) is 0 Å². The summed E-state index contributed by atoms with van der Waals surface area (Å²) < 4.78 is 28.4. The number of aryl methyl sites for hydroxylation is 1. The van der Waals surface area contributed by atoms with E-state index in [9.17, 15) is 8.42 Å². The fourth-order valence-corrected chi connectivity index (χ4v) is 3.44. The molecule has 5 nitrogen and oxygen atoms in total. The zero-order valence-electron chi connectivity index (χ0n) is 13.5. The van der Waals surface area contributed by atoms with Gasteiger partial charge in [-0.05, 0) is 36.6 Å². The van der Waals surface area contributed by atoms with Crippen LogP contribution in [0.25, 0.3) is 0 Å². The van der Waals surface area contributed by atoms with Gasteiger partial charge in [-0.2, -0.15) is 9.40 Å². The minimum atomic E-state index is -3.49. The molecule has 0 aliphatic heterocycles. The summed E-state index contributed by atoms with van der Waals surface area (Å²) in [6.07, 6.45) is 1.69. The molecular formula is C16H23N3O2S. The molecule has 1 aromatic carbocycles. The molecule has 1 heterocycles. The molecule has 0 N–H and O–H groups in total. The van der Waals surface area contributed by atoms with E-state index in [1.54, 1.807) is 30.1 Å². The standard InChI is InChI=1S/C16H23N3O2S/c1-5-19-15(10-11-17-19)12-18(4)22(20,21)16-8-6-14(7-9-16)13(2)3/h6-11,13H,5,12H2,1-4H3. The highest BCUT2D eigenvalue weighted by Crippen LogP contribution is 2.20. The summed E-state index contributed by atoms with van der Waals surface area (Å²) in [7, 11) is -1.89. The number of nitrogens with zero attached hydrogens (tertiary/aromatic N) is 3. The Morgan fingerprint density at radius 2 is 1.82 bits per heavy atom. The van der Waals surface area contributed by atoms with E-state index in [4.69, 9.17) is 0 Å². The summed E-state index contributed by atoms with van der Waals surface area (Å²) in [5.41, 5.74) is 2.01. The Morgan fingerprint density at radius 3 is 2.36 bits per heavy atom. The van der Waals surface area contributed by atoms with E-state index in [0.29, 0.717) is 17.4 Å². The van der Waals surface area contributed by atoms with Crippen LogP contribution in [0.2, 0.25) is 0 Å². The predicted octanol–water partition coefficient (Wildman–Crippen LogP) is 2.85. The molecular weight excluding hydrogens is 298 g/mol. The first-order valence-corrected chi connectivity index (χ1v) is 8.87. The number of hydrogen-bond acceptors (Lipinski definition) is 3.